The lowest BCUT2D eigenvalue weighted by atomic mass is 9.95. The molecular weight excluding hydrogens is 498 g/mol. The molecule has 0 saturated carbocycles. The number of Topliss-reactive ketones (excluding diaryl/α,β-unsaturated/α-hetero) is 1. The fourth-order valence-electron chi connectivity index (χ4n) is 3.87. The molecule has 0 radical (unpaired) electrons. The summed E-state index contributed by atoms with van der Waals surface area (Å²) in [6, 6.07) is 21.4. The number of ether oxygens (including phenoxy) is 1. The average molecular weight is 520 g/mol. The molecule has 172 valence electrons. The number of rotatable bonds is 6. The van der Waals surface area contributed by atoms with Crippen LogP contribution in [0.1, 0.15) is 40.9 Å². The van der Waals surface area contributed by atoms with Crippen LogP contribution in [0.25, 0.3) is 5.76 Å². The van der Waals surface area contributed by atoms with Crippen LogP contribution in [0.15, 0.2) is 88.9 Å². The molecule has 1 saturated heterocycles. The molecule has 1 N–H and O–H groups in total. The average Bonchev–Trinajstić information content (AvgIpc) is 3.13. The Hall–Kier alpha value is -3.71. The highest BCUT2D eigenvalue weighted by Crippen LogP contribution is 2.42. The maximum absolute atomic E-state index is 13.3. The minimum atomic E-state index is -0.869. The van der Waals surface area contributed by atoms with Gasteiger partial charge in [-0.3, -0.25) is 14.5 Å². The van der Waals surface area contributed by atoms with Gasteiger partial charge in [0.05, 0.1) is 23.8 Å². The standard InChI is InChI=1S/C27H22BrNO5/c1-2-15-34-27(33)19-9-6-10-21(16-19)29-23(17-7-4-3-5-8-17)22(25(31)26(29)32)24(30)18-11-13-20(28)14-12-18/h3-14,16,23,30H,2,15H2,1H3/b24-22+. The normalized spacial score (nSPS) is 17.1. The summed E-state index contributed by atoms with van der Waals surface area (Å²) >= 11 is 3.36. The SMILES string of the molecule is CCCOC(=O)c1cccc(N2C(=O)C(=O)/C(=C(/O)c3ccc(Br)cc3)C2c2ccccc2)c1. The maximum Gasteiger partial charge on any atom is 0.338 e. The summed E-state index contributed by atoms with van der Waals surface area (Å²) in [5.41, 5.74) is 1.68. The Morgan fingerprint density at radius 3 is 2.35 bits per heavy atom. The number of benzene rings is 3. The number of ketones is 1. The predicted octanol–water partition coefficient (Wildman–Crippen LogP) is 5.64. The van der Waals surface area contributed by atoms with E-state index in [0.717, 1.165) is 4.47 Å². The highest BCUT2D eigenvalue weighted by molar-refractivity contribution is 9.10. The van der Waals surface area contributed by atoms with Gasteiger partial charge >= 0.3 is 5.97 Å². The van der Waals surface area contributed by atoms with Crippen molar-refractivity contribution in [1.82, 2.24) is 0 Å². The predicted molar refractivity (Wildman–Crippen MR) is 132 cm³/mol. The zero-order valence-electron chi connectivity index (χ0n) is 18.4. The zero-order valence-corrected chi connectivity index (χ0v) is 20.0. The molecule has 0 spiro atoms. The first-order chi connectivity index (χ1) is 16.4. The summed E-state index contributed by atoms with van der Waals surface area (Å²) in [6.45, 7) is 2.18. The van der Waals surface area contributed by atoms with Crippen molar-refractivity contribution in [3.8, 4) is 0 Å². The summed E-state index contributed by atoms with van der Waals surface area (Å²) in [4.78, 5) is 40.2. The van der Waals surface area contributed by atoms with Gasteiger partial charge in [0.15, 0.2) is 0 Å². The molecule has 7 heteroatoms. The van der Waals surface area contributed by atoms with E-state index in [-0.39, 0.29) is 23.5 Å². The summed E-state index contributed by atoms with van der Waals surface area (Å²) in [5.74, 6) is -2.35. The van der Waals surface area contributed by atoms with Gasteiger partial charge in [-0.1, -0.05) is 71.4 Å². The number of aliphatic hydroxyl groups is 1. The summed E-state index contributed by atoms with van der Waals surface area (Å²) < 4.78 is 6.03. The van der Waals surface area contributed by atoms with Crippen LogP contribution in [-0.2, 0) is 14.3 Å². The number of esters is 1. The van der Waals surface area contributed by atoms with Gasteiger partial charge in [-0.2, -0.15) is 0 Å². The van der Waals surface area contributed by atoms with E-state index in [2.05, 4.69) is 15.9 Å². The van der Waals surface area contributed by atoms with Crippen LogP contribution in [0.3, 0.4) is 0 Å². The molecule has 1 amide bonds. The van der Waals surface area contributed by atoms with Crippen LogP contribution in [0.4, 0.5) is 5.69 Å². The second-order valence-electron chi connectivity index (χ2n) is 7.77. The van der Waals surface area contributed by atoms with E-state index in [1.165, 1.54) is 11.0 Å². The zero-order chi connectivity index (χ0) is 24.2. The van der Waals surface area contributed by atoms with E-state index < -0.39 is 23.7 Å². The third-order valence-corrected chi connectivity index (χ3v) is 6.00. The first-order valence-corrected chi connectivity index (χ1v) is 11.6. The molecule has 1 fully saturated rings. The number of aliphatic hydroxyl groups excluding tert-OH is 1. The fraction of sp³-hybridized carbons (Fsp3) is 0.148. The molecule has 3 aromatic carbocycles. The molecule has 4 rings (SSSR count). The highest BCUT2D eigenvalue weighted by atomic mass is 79.9. The first-order valence-electron chi connectivity index (χ1n) is 10.8. The smallest absolute Gasteiger partial charge is 0.338 e. The molecule has 1 aliphatic heterocycles. The van der Waals surface area contributed by atoms with Crippen LogP contribution in [0.5, 0.6) is 0 Å². The van der Waals surface area contributed by atoms with Crippen LogP contribution in [-0.4, -0.2) is 29.4 Å². The second kappa shape index (κ2) is 10.1. The molecular formula is C27H22BrNO5. The van der Waals surface area contributed by atoms with Crippen LogP contribution >= 0.6 is 15.9 Å². The van der Waals surface area contributed by atoms with Crippen molar-refractivity contribution in [3.63, 3.8) is 0 Å². The van der Waals surface area contributed by atoms with Gasteiger partial charge < -0.3 is 9.84 Å². The van der Waals surface area contributed by atoms with Crippen molar-refractivity contribution in [2.75, 3.05) is 11.5 Å². The van der Waals surface area contributed by atoms with E-state index in [9.17, 15) is 19.5 Å². The Kier molecular flexibility index (Phi) is 6.93. The lowest BCUT2D eigenvalue weighted by molar-refractivity contribution is -0.132. The minimum Gasteiger partial charge on any atom is -0.507 e. The number of carbonyl (C=O) groups excluding carboxylic acids is 3. The van der Waals surface area contributed by atoms with Crippen LogP contribution < -0.4 is 4.90 Å². The number of amides is 1. The molecule has 3 aromatic rings. The Bertz CT molecular complexity index is 1270. The van der Waals surface area contributed by atoms with Gasteiger partial charge in [0.2, 0.25) is 0 Å². The van der Waals surface area contributed by atoms with Crippen molar-refractivity contribution < 1.29 is 24.2 Å². The lowest BCUT2D eigenvalue weighted by Crippen LogP contribution is -2.29. The van der Waals surface area contributed by atoms with E-state index in [4.69, 9.17) is 4.74 Å². The van der Waals surface area contributed by atoms with Crippen molar-refractivity contribution >= 4 is 45.0 Å². The number of hydrogen-bond donors (Lipinski definition) is 1. The number of halogens is 1. The number of nitrogens with zero attached hydrogens (tertiary/aromatic N) is 1. The third kappa shape index (κ3) is 4.52. The van der Waals surface area contributed by atoms with E-state index in [1.54, 1.807) is 66.7 Å². The van der Waals surface area contributed by atoms with Gasteiger partial charge in [0.1, 0.15) is 5.76 Å². The van der Waals surface area contributed by atoms with Crippen molar-refractivity contribution in [1.29, 1.82) is 0 Å². The summed E-state index contributed by atoms with van der Waals surface area (Å²) in [5, 5.41) is 11.1. The van der Waals surface area contributed by atoms with E-state index in [1.807, 2.05) is 13.0 Å². The molecule has 0 aliphatic carbocycles. The summed E-state index contributed by atoms with van der Waals surface area (Å²) in [6.07, 6.45) is 0.685. The van der Waals surface area contributed by atoms with Crippen molar-refractivity contribution in [2.24, 2.45) is 0 Å². The molecule has 34 heavy (non-hydrogen) atoms. The Balaban J connectivity index is 1.85. The Morgan fingerprint density at radius 2 is 1.68 bits per heavy atom. The largest absolute Gasteiger partial charge is 0.507 e. The fourth-order valence-corrected chi connectivity index (χ4v) is 4.14. The Labute approximate surface area is 205 Å². The maximum atomic E-state index is 13.3. The molecule has 1 heterocycles. The van der Waals surface area contributed by atoms with E-state index >= 15 is 0 Å². The monoisotopic (exact) mass is 519 g/mol. The minimum absolute atomic E-state index is 0.0162. The highest BCUT2D eigenvalue weighted by Gasteiger charge is 2.47. The quantitative estimate of drug-likeness (QED) is 0.197. The molecule has 6 nitrogen and oxygen atoms in total. The molecule has 0 bridgehead atoms. The van der Waals surface area contributed by atoms with Crippen LogP contribution in [0, 0.1) is 0 Å². The van der Waals surface area contributed by atoms with Crippen molar-refractivity contribution in [2.45, 2.75) is 19.4 Å². The number of carbonyl (C=O) groups is 3. The van der Waals surface area contributed by atoms with Gasteiger partial charge in [0, 0.05) is 15.7 Å². The van der Waals surface area contributed by atoms with Crippen molar-refractivity contribution in [3.05, 3.63) is 106 Å². The third-order valence-electron chi connectivity index (χ3n) is 5.47. The molecule has 1 atom stereocenters. The van der Waals surface area contributed by atoms with E-state index in [0.29, 0.717) is 23.2 Å². The first kappa shape index (κ1) is 23.4. The van der Waals surface area contributed by atoms with Gasteiger partial charge in [0.25, 0.3) is 11.7 Å². The Morgan fingerprint density at radius 1 is 0.971 bits per heavy atom. The molecule has 1 aliphatic rings. The topological polar surface area (TPSA) is 83.9 Å². The molecule has 1 unspecified atom stereocenters. The van der Waals surface area contributed by atoms with Crippen LogP contribution in [0.2, 0.25) is 0 Å². The van der Waals surface area contributed by atoms with Gasteiger partial charge in [-0.25, -0.2) is 4.79 Å². The van der Waals surface area contributed by atoms with Gasteiger partial charge in [-0.05, 0) is 42.3 Å². The molecule has 0 aromatic heterocycles. The number of hydrogen-bond acceptors (Lipinski definition) is 5. The lowest BCUT2D eigenvalue weighted by Gasteiger charge is -2.25. The second-order valence-corrected chi connectivity index (χ2v) is 8.69. The number of anilines is 1. The van der Waals surface area contributed by atoms with Gasteiger partial charge in [-0.15, -0.1) is 0 Å². The summed E-state index contributed by atoms with van der Waals surface area (Å²) in [7, 11) is 0.